The summed E-state index contributed by atoms with van der Waals surface area (Å²) in [5.41, 5.74) is 4.30. The first-order chi connectivity index (χ1) is 13.7. The Labute approximate surface area is 169 Å². The van der Waals surface area contributed by atoms with Crippen molar-refractivity contribution in [2.75, 3.05) is 14.2 Å². The summed E-state index contributed by atoms with van der Waals surface area (Å²) in [7, 11) is 3.29. The van der Waals surface area contributed by atoms with E-state index in [0.29, 0.717) is 17.2 Å². The number of nitrogens with zero attached hydrogens (tertiary/aromatic N) is 2. The summed E-state index contributed by atoms with van der Waals surface area (Å²) in [5.74, 6) is 2.41. The van der Waals surface area contributed by atoms with Gasteiger partial charge in [0.05, 0.1) is 25.3 Å². The molecule has 4 nitrogen and oxygen atoms in total. The summed E-state index contributed by atoms with van der Waals surface area (Å²) >= 11 is 6.26. The van der Waals surface area contributed by atoms with Crippen molar-refractivity contribution in [1.29, 1.82) is 0 Å². The second-order valence-corrected chi connectivity index (χ2v) is 7.04. The quantitative estimate of drug-likeness (QED) is 0.444. The number of hydrogen-bond acceptors (Lipinski definition) is 3. The summed E-state index contributed by atoms with van der Waals surface area (Å²) in [5, 5.41) is 0.708. The van der Waals surface area contributed by atoms with E-state index in [0.717, 1.165) is 34.7 Å². The Kier molecular flexibility index (Phi) is 5.22. The van der Waals surface area contributed by atoms with E-state index < -0.39 is 0 Å². The molecule has 4 rings (SSSR count). The van der Waals surface area contributed by atoms with Gasteiger partial charge >= 0.3 is 0 Å². The van der Waals surface area contributed by atoms with Crippen molar-refractivity contribution in [3.05, 3.63) is 88.7 Å². The molecule has 0 fully saturated rings. The molecule has 0 aliphatic heterocycles. The number of halogens is 1. The van der Waals surface area contributed by atoms with Gasteiger partial charge in [0.15, 0.2) is 11.5 Å². The van der Waals surface area contributed by atoms with E-state index in [2.05, 4.69) is 28.8 Å². The van der Waals surface area contributed by atoms with Crippen LogP contribution in [0.3, 0.4) is 0 Å². The van der Waals surface area contributed by atoms with E-state index in [-0.39, 0.29) is 0 Å². The number of benzene rings is 3. The van der Waals surface area contributed by atoms with E-state index >= 15 is 0 Å². The lowest BCUT2D eigenvalue weighted by Crippen LogP contribution is -2.06. The molecular weight excluding hydrogens is 372 g/mol. The van der Waals surface area contributed by atoms with Crippen LogP contribution in [0.4, 0.5) is 0 Å². The summed E-state index contributed by atoms with van der Waals surface area (Å²) in [6, 6.07) is 22.2. The first-order valence-corrected chi connectivity index (χ1v) is 9.45. The van der Waals surface area contributed by atoms with Gasteiger partial charge in [0.25, 0.3) is 0 Å². The maximum Gasteiger partial charge on any atom is 0.161 e. The van der Waals surface area contributed by atoms with Crippen molar-refractivity contribution in [2.45, 2.75) is 13.0 Å². The number of methoxy groups -OCH3 is 2. The smallest absolute Gasteiger partial charge is 0.161 e. The van der Waals surface area contributed by atoms with Crippen LogP contribution in [0.1, 0.15) is 17.0 Å². The number of ether oxygens (including phenoxy) is 2. The predicted octanol–water partition coefficient (Wildman–Crippen LogP) is 5.35. The Bertz CT molecular complexity index is 1110. The van der Waals surface area contributed by atoms with E-state index in [4.69, 9.17) is 26.1 Å². The van der Waals surface area contributed by atoms with Crippen LogP contribution in [0.5, 0.6) is 11.5 Å². The van der Waals surface area contributed by atoms with Crippen molar-refractivity contribution >= 4 is 22.6 Å². The molecule has 0 atom stereocenters. The first-order valence-electron chi connectivity index (χ1n) is 9.07. The Hall–Kier alpha value is -2.98. The average molecular weight is 393 g/mol. The molecule has 28 heavy (non-hydrogen) atoms. The molecule has 0 bridgehead atoms. The van der Waals surface area contributed by atoms with Gasteiger partial charge in [0, 0.05) is 18.0 Å². The van der Waals surface area contributed by atoms with Crippen molar-refractivity contribution in [3.8, 4) is 11.5 Å². The standard InChI is InChI=1S/C23H21ClN2O2/c1-27-21-11-8-17(12-22(21)28-2)13-23-25-19-10-9-18(24)14-20(19)26(23)15-16-6-4-3-5-7-16/h3-12,14H,13,15H2,1-2H3. The van der Waals surface area contributed by atoms with Crippen LogP contribution in [0.25, 0.3) is 11.0 Å². The summed E-state index contributed by atoms with van der Waals surface area (Å²) < 4.78 is 13.0. The van der Waals surface area contributed by atoms with Crippen LogP contribution < -0.4 is 9.47 Å². The van der Waals surface area contributed by atoms with Crippen LogP contribution in [0.2, 0.25) is 5.02 Å². The summed E-state index contributed by atoms with van der Waals surface area (Å²) in [6.45, 7) is 0.736. The molecule has 0 spiro atoms. The predicted molar refractivity (Wildman–Crippen MR) is 113 cm³/mol. The van der Waals surface area contributed by atoms with Crippen molar-refractivity contribution in [1.82, 2.24) is 9.55 Å². The lowest BCUT2D eigenvalue weighted by atomic mass is 10.1. The number of hydrogen-bond donors (Lipinski definition) is 0. The fourth-order valence-corrected chi connectivity index (χ4v) is 3.56. The third-order valence-corrected chi connectivity index (χ3v) is 5.02. The van der Waals surface area contributed by atoms with Crippen LogP contribution in [-0.4, -0.2) is 23.8 Å². The van der Waals surface area contributed by atoms with Gasteiger partial charge in [-0.15, -0.1) is 0 Å². The van der Waals surface area contributed by atoms with Crippen LogP contribution >= 0.6 is 11.6 Å². The van der Waals surface area contributed by atoms with Crippen LogP contribution in [0, 0.1) is 0 Å². The minimum absolute atomic E-state index is 0.680. The maximum absolute atomic E-state index is 6.26. The highest BCUT2D eigenvalue weighted by atomic mass is 35.5. The lowest BCUT2D eigenvalue weighted by Gasteiger charge is -2.12. The molecule has 0 unspecified atom stereocenters. The molecule has 4 aromatic rings. The SMILES string of the molecule is COc1ccc(Cc2nc3ccc(Cl)cc3n2Cc2ccccc2)cc1OC. The third kappa shape index (κ3) is 3.69. The van der Waals surface area contributed by atoms with Gasteiger partial charge in [0.2, 0.25) is 0 Å². The van der Waals surface area contributed by atoms with Gasteiger partial charge in [-0.3, -0.25) is 0 Å². The Morgan fingerprint density at radius 3 is 2.39 bits per heavy atom. The van der Waals surface area contributed by atoms with E-state index in [9.17, 15) is 0 Å². The molecule has 1 heterocycles. The van der Waals surface area contributed by atoms with E-state index in [1.165, 1.54) is 5.56 Å². The zero-order chi connectivity index (χ0) is 19.5. The third-order valence-electron chi connectivity index (χ3n) is 4.78. The van der Waals surface area contributed by atoms with Crippen LogP contribution in [0.15, 0.2) is 66.7 Å². The molecular formula is C23H21ClN2O2. The van der Waals surface area contributed by atoms with E-state index in [1.807, 2.05) is 42.5 Å². The second-order valence-electron chi connectivity index (χ2n) is 6.60. The monoisotopic (exact) mass is 392 g/mol. The molecule has 5 heteroatoms. The molecule has 0 aliphatic carbocycles. The van der Waals surface area contributed by atoms with Gasteiger partial charge in [-0.05, 0) is 41.5 Å². The minimum Gasteiger partial charge on any atom is -0.493 e. The van der Waals surface area contributed by atoms with Gasteiger partial charge in [-0.2, -0.15) is 0 Å². The molecule has 142 valence electrons. The number of imidazole rings is 1. The zero-order valence-corrected chi connectivity index (χ0v) is 16.6. The summed E-state index contributed by atoms with van der Waals surface area (Å²) in [4.78, 5) is 4.88. The number of rotatable bonds is 6. The average Bonchev–Trinajstić information content (AvgIpc) is 3.05. The fourth-order valence-electron chi connectivity index (χ4n) is 3.40. The Balaban J connectivity index is 1.77. The van der Waals surface area contributed by atoms with Gasteiger partial charge < -0.3 is 14.0 Å². The lowest BCUT2D eigenvalue weighted by molar-refractivity contribution is 0.354. The molecule has 0 saturated carbocycles. The Morgan fingerprint density at radius 2 is 1.64 bits per heavy atom. The molecule has 0 saturated heterocycles. The molecule has 0 radical (unpaired) electrons. The first kappa shape index (κ1) is 18.4. The van der Waals surface area contributed by atoms with Crippen molar-refractivity contribution in [3.63, 3.8) is 0 Å². The molecule has 0 amide bonds. The molecule has 0 aliphatic rings. The van der Waals surface area contributed by atoms with Gasteiger partial charge in [0.1, 0.15) is 5.82 Å². The summed E-state index contributed by atoms with van der Waals surface area (Å²) in [6.07, 6.45) is 0.680. The van der Waals surface area contributed by atoms with Crippen molar-refractivity contribution in [2.24, 2.45) is 0 Å². The molecule has 1 aromatic heterocycles. The highest BCUT2D eigenvalue weighted by Gasteiger charge is 2.14. The number of fused-ring (bicyclic) bond motifs is 1. The second kappa shape index (κ2) is 7.95. The van der Waals surface area contributed by atoms with Crippen LogP contribution in [-0.2, 0) is 13.0 Å². The normalized spacial score (nSPS) is 11.0. The molecule has 0 N–H and O–H groups in total. The maximum atomic E-state index is 6.26. The van der Waals surface area contributed by atoms with Gasteiger partial charge in [-0.1, -0.05) is 48.0 Å². The van der Waals surface area contributed by atoms with E-state index in [1.54, 1.807) is 14.2 Å². The number of aromatic nitrogens is 2. The fraction of sp³-hybridized carbons (Fsp3) is 0.174. The van der Waals surface area contributed by atoms with Crippen molar-refractivity contribution < 1.29 is 9.47 Å². The highest BCUT2D eigenvalue weighted by Crippen LogP contribution is 2.29. The highest BCUT2D eigenvalue weighted by molar-refractivity contribution is 6.31. The topological polar surface area (TPSA) is 36.3 Å². The largest absolute Gasteiger partial charge is 0.493 e. The molecule has 3 aromatic carbocycles. The minimum atomic E-state index is 0.680. The Morgan fingerprint density at radius 1 is 0.857 bits per heavy atom. The zero-order valence-electron chi connectivity index (χ0n) is 15.9. The van der Waals surface area contributed by atoms with Gasteiger partial charge in [-0.25, -0.2) is 4.98 Å².